The number of nitrogens with zero attached hydrogens (tertiary/aromatic N) is 4. The summed E-state index contributed by atoms with van der Waals surface area (Å²) >= 11 is 1.42. The van der Waals surface area contributed by atoms with Crippen molar-refractivity contribution in [3.63, 3.8) is 0 Å². The molecule has 4 aromatic rings. The Morgan fingerprint density at radius 2 is 1.87 bits per heavy atom. The number of rotatable bonds is 7. The average molecular weight is 422 g/mol. The predicted octanol–water partition coefficient (Wildman–Crippen LogP) is 3.91. The molecule has 0 radical (unpaired) electrons. The molecule has 152 valence electrons. The normalized spacial score (nSPS) is 10.9. The van der Waals surface area contributed by atoms with Crippen LogP contribution in [0.5, 0.6) is 0 Å². The molecule has 0 aliphatic carbocycles. The molecule has 4 rings (SSSR count). The molecule has 0 aliphatic heterocycles. The minimum atomic E-state index is -0.329. The molecule has 0 saturated carbocycles. The van der Waals surface area contributed by atoms with Crippen molar-refractivity contribution < 1.29 is 9.18 Å². The molecule has 6 nitrogen and oxygen atoms in total. The van der Waals surface area contributed by atoms with E-state index in [0.29, 0.717) is 29.6 Å². The van der Waals surface area contributed by atoms with E-state index in [-0.39, 0.29) is 11.7 Å². The number of imidazole rings is 1. The molecular weight excluding hydrogens is 401 g/mol. The summed E-state index contributed by atoms with van der Waals surface area (Å²) in [5.41, 5.74) is 3.18. The molecule has 2 heterocycles. The summed E-state index contributed by atoms with van der Waals surface area (Å²) < 4.78 is 16.9. The van der Waals surface area contributed by atoms with Crippen LogP contribution in [-0.2, 0) is 13.1 Å². The van der Waals surface area contributed by atoms with Crippen molar-refractivity contribution in [1.82, 2.24) is 24.6 Å². The Kier molecular flexibility index (Phi) is 5.94. The van der Waals surface area contributed by atoms with Crippen LogP contribution in [0.25, 0.3) is 5.69 Å². The zero-order chi connectivity index (χ0) is 20.9. The van der Waals surface area contributed by atoms with E-state index in [9.17, 15) is 9.18 Å². The van der Waals surface area contributed by atoms with Crippen LogP contribution in [0.2, 0.25) is 0 Å². The van der Waals surface area contributed by atoms with Gasteiger partial charge in [0.2, 0.25) is 0 Å². The van der Waals surface area contributed by atoms with Crippen molar-refractivity contribution in [2.45, 2.75) is 18.2 Å². The smallest absolute Gasteiger partial charge is 0.270 e. The van der Waals surface area contributed by atoms with E-state index in [1.807, 2.05) is 47.5 Å². The Morgan fingerprint density at radius 3 is 2.57 bits per heavy atom. The van der Waals surface area contributed by atoms with Crippen molar-refractivity contribution >= 4 is 17.7 Å². The van der Waals surface area contributed by atoms with Crippen LogP contribution >= 0.6 is 11.8 Å². The van der Waals surface area contributed by atoms with Gasteiger partial charge < -0.3 is 5.32 Å². The summed E-state index contributed by atoms with van der Waals surface area (Å²) in [6.45, 7) is 1.00. The van der Waals surface area contributed by atoms with E-state index in [1.165, 1.54) is 23.9 Å². The fourth-order valence-corrected chi connectivity index (χ4v) is 3.74. The maximum Gasteiger partial charge on any atom is 0.270 e. The number of aromatic nitrogens is 4. The van der Waals surface area contributed by atoms with Gasteiger partial charge in [0.15, 0.2) is 5.16 Å². The highest BCUT2D eigenvalue weighted by molar-refractivity contribution is 7.98. The molecule has 30 heavy (non-hydrogen) atoms. The summed E-state index contributed by atoms with van der Waals surface area (Å²) in [5, 5.41) is 7.89. The largest absolute Gasteiger partial charge is 0.347 e. The van der Waals surface area contributed by atoms with Crippen LogP contribution < -0.4 is 5.32 Å². The van der Waals surface area contributed by atoms with Crippen LogP contribution in [0, 0.1) is 5.82 Å². The Hall–Kier alpha value is -3.39. The predicted molar refractivity (Wildman–Crippen MR) is 114 cm³/mol. The van der Waals surface area contributed by atoms with E-state index in [2.05, 4.69) is 15.4 Å². The number of halogens is 1. The van der Waals surface area contributed by atoms with Gasteiger partial charge in [-0.1, -0.05) is 36.0 Å². The lowest BCUT2D eigenvalue weighted by Crippen LogP contribution is -2.26. The quantitative estimate of drug-likeness (QED) is 0.460. The SMILES string of the molecule is CSc1ncc(C(=O)NCc2ccccc2Cn2cccn2)n1-c1ccc(F)cc1. The van der Waals surface area contributed by atoms with Crippen molar-refractivity contribution in [3.05, 3.63) is 95.8 Å². The van der Waals surface area contributed by atoms with Gasteiger partial charge in [0.05, 0.1) is 12.7 Å². The second kappa shape index (κ2) is 8.96. The number of hydrogen-bond acceptors (Lipinski definition) is 4. The van der Waals surface area contributed by atoms with Crippen molar-refractivity contribution in [2.24, 2.45) is 0 Å². The van der Waals surface area contributed by atoms with Gasteiger partial charge in [0, 0.05) is 24.6 Å². The highest BCUT2D eigenvalue weighted by Gasteiger charge is 2.18. The first-order valence-corrected chi connectivity index (χ1v) is 10.6. The third-order valence-electron chi connectivity index (χ3n) is 4.68. The second-order valence-electron chi connectivity index (χ2n) is 6.60. The number of nitrogens with one attached hydrogen (secondary N) is 1. The average Bonchev–Trinajstić information content (AvgIpc) is 3.43. The summed E-state index contributed by atoms with van der Waals surface area (Å²) in [6, 6.07) is 15.8. The second-order valence-corrected chi connectivity index (χ2v) is 7.37. The van der Waals surface area contributed by atoms with Crippen LogP contribution in [-0.4, -0.2) is 31.5 Å². The molecule has 0 saturated heterocycles. The maximum atomic E-state index is 13.3. The monoisotopic (exact) mass is 421 g/mol. The topological polar surface area (TPSA) is 64.7 Å². The van der Waals surface area contributed by atoms with Gasteiger partial charge in [0.1, 0.15) is 11.5 Å². The molecule has 2 aromatic carbocycles. The molecule has 1 amide bonds. The van der Waals surface area contributed by atoms with Crippen LogP contribution in [0.4, 0.5) is 4.39 Å². The first-order chi connectivity index (χ1) is 14.7. The Labute approximate surface area is 177 Å². The molecule has 0 spiro atoms. The lowest BCUT2D eigenvalue weighted by molar-refractivity contribution is 0.0943. The standard InChI is InChI=1S/C22H20FN5OS/c1-30-22-25-14-20(28(22)19-9-7-18(23)8-10-19)21(29)24-13-16-5-2-3-6-17(16)15-27-12-4-11-26-27/h2-12,14H,13,15H2,1H3,(H,24,29). The van der Waals surface area contributed by atoms with E-state index >= 15 is 0 Å². The van der Waals surface area contributed by atoms with Crippen molar-refractivity contribution in [3.8, 4) is 5.69 Å². The van der Waals surface area contributed by atoms with E-state index in [4.69, 9.17) is 0 Å². The Balaban J connectivity index is 1.55. The molecule has 0 atom stereocenters. The first-order valence-electron chi connectivity index (χ1n) is 9.36. The molecule has 8 heteroatoms. The van der Waals surface area contributed by atoms with Gasteiger partial charge in [-0.15, -0.1) is 0 Å². The molecular formula is C22H20FN5OS. The number of carbonyl (C=O) groups excluding carboxylic acids is 1. The Morgan fingerprint density at radius 1 is 1.10 bits per heavy atom. The lowest BCUT2D eigenvalue weighted by Gasteiger charge is -2.13. The third-order valence-corrected chi connectivity index (χ3v) is 5.33. The zero-order valence-electron chi connectivity index (χ0n) is 16.3. The molecule has 2 aromatic heterocycles. The van der Waals surface area contributed by atoms with Crippen LogP contribution in [0.1, 0.15) is 21.6 Å². The van der Waals surface area contributed by atoms with Gasteiger partial charge in [-0.3, -0.25) is 14.0 Å². The molecule has 0 unspecified atom stereocenters. The lowest BCUT2D eigenvalue weighted by atomic mass is 10.1. The molecule has 1 N–H and O–H groups in total. The van der Waals surface area contributed by atoms with Gasteiger partial charge in [-0.25, -0.2) is 9.37 Å². The number of amides is 1. The summed E-state index contributed by atoms with van der Waals surface area (Å²) in [7, 11) is 0. The van der Waals surface area contributed by atoms with Crippen LogP contribution in [0.15, 0.2) is 78.3 Å². The summed E-state index contributed by atoms with van der Waals surface area (Å²) in [5.74, 6) is -0.578. The maximum absolute atomic E-state index is 13.3. The number of benzene rings is 2. The number of thioether (sulfide) groups is 1. The van der Waals surface area contributed by atoms with E-state index in [1.54, 1.807) is 29.1 Å². The zero-order valence-corrected chi connectivity index (χ0v) is 17.1. The Bertz CT molecular complexity index is 1140. The highest BCUT2D eigenvalue weighted by Crippen LogP contribution is 2.22. The fraction of sp³-hybridized carbons (Fsp3) is 0.136. The van der Waals surface area contributed by atoms with Crippen molar-refractivity contribution in [1.29, 1.82) is 0 Å². The van der Waals surface area contributed by atoms with Gasteiger partial charge in [0.25, 0.3) is 5.91 Å². The van der Waals surface area contributed by atoms with Gasteiger partial charge >= 0.3 is 0 Å². The number of hydrogen-bond donors (Lipinski definition) is 1. The van der Waals surface area contributed by atoms with E-state index in [0.717, 1.165) is 11.1 Å². The summed E-state index contributed by atoms with van der Waals surface area (Å²) in [6.07, 6.45) is 7.07. The van der Waals surface area contributed by atoms with Crippen molar-refractivity contribution in [2.75, 3.05) is 6.26 Å². The molecule has 0 fully saturated rings. The number of carbonyl (C=O) groups is 1. The van der Waals surface area contributed by atoms with Gasteiger partial charge in [-0.05, 0) is 47.7 Å². The summed E-state index contributed by atoms with van der Waals surface area (Å²) in [4.78, 5) is 17.3. The highest BCUT2D eigenvalue weighted by atomic mass is 32.2. The molecule has 0 aliphatic rings. The minimum absolute atomic E-state index is 0.249. The van der Waals surface area contributed by atoms with Gasteiger partial charge in [-0.2, -0.15) is 5.10 Å². The fourth-order valence-electron chi connectivity index (χ4n) is 3.20. The molecule has 0 bridgehead atoms. The first kappa shape index (κ1) is 19.9. The van der Waals surface area contributed by atoms with Crippen LogP contribution in [0.3, 0.4) is 0 Å². The van der Waals surface area contributed by atoms with E-state index < -0.39 is 0 Å². The third kappa shape index (κ3) is 4.28. The minimum Gasteiger partial charge on any atom is -0.347 e.